The molecule has 1 atom stereocenters. The minimum atomic E-state index is 0.224. The molecular formula is C17H20N4. The average molecular weight is 280 g/mol. The predicted molar refractivity (Wildman–Crippen MR) is 85.1 cm³/mol. The fourth-order valence-electron chi connectivity index (χ4n) is 2.70. The topological polar surface area (TPSA) is 42.7 Å². The predicted octanol–water partition coefficient (Wildman–Crippen LogP) is 2.86. The van der Waals surface area contributed by atoms with Gasteiger partial charge in [0.05, 0.1) is 17.3 Å². The molecule has 0 aliphatic rings. The highest BCUT2D eigenvalue weighted by Gasteiger charge is 2.15. The van der Waals surface area contributed by atoms with E-state index in [1.807, 2.05) is 30.2 Å². The van der Waals surface area contributed by atoms with E-state index in [1.165, 1.54) is 10.9 Å². The largest absolute Gasteiger partial charge is 0.309 e. The summed E-state index contributed by atoms with van der Waals surface area (Å²) in [6.45, 7) is 3.05. The summed E-state index contributed by atoms with van der Waals surface area (Å²) in [5.41, 5.74) is 3.43. The molecule has 1 aromatic carbocycles. The van der Waals surface area contributed by atoms with Crippen molar-refractivity contribution in [2.75, 3.05) is 6.54 Å². The van der Waals surface area contributed by atoms with Crippen molar-refractivity contribution in [1.29, 1.82) is 0 Å². The number of rotatable bonds is 5. The first-order valence-corrected chi connectivity index (χ1v) is 7.33. The summed E-state index contributed by atoms with van der Waals surface area (Å²) >= 11 is 0. The Morgan fingerprint density at radius 2 is 2.05 bits per heavy atom. The quantitative estimate of drug-likeness (QED) is 0.781. The van der Waals surface area contributed by atoms with Crippen LogP contribution >= 0.6 is 0 Å². The van der Waals surface area contributed by atoms with Gasteiger partial charge in [-0.05, 0) is 36.7 Å². The molecular weight excluding hydrogens is 260 g/mol. The number of hydrogen-bond donors (Lipinski definition) is 1. The Morgan fingerprint density at radius 3 is 2.81 bits per heavy atom. The van der Waals surface area contributed by atoms with Gasteiger partial charge in [0.2, 0.25) is 0 Å². The van der Waals surface area contributed by atoms with Crippen LogP contribution in [0, 0.1) is 0 Å². The van der Waals surface area contributed by atoms with Gasteiger partial charge in [-0.15, -0.1) is 0 Å². The molecule has 1 N–H and O–H groups in total. The number of fused-ring (bicyclic) bond motifs is 1. The third-order valence-corrected chi connectivity index (χ3v) is 3.71. The van der Waals surface area contributed by atoms with Gasteiger partial charge in [0.15, 0.2) is 0 Å². The molecule has 0 radical (unpaired) electrons. The highest BCUT2D eigenvalue weighted by molar-refractivity contribution is 5.81. The molecule has 21 heavy (non-hydrogen) atoms. The molecule has 2 heterocycles. The van der Waals surface area contributed by atoms with E-state index in [0.717, 1.165) is 24.2 Å². The van der Waals surface area contributed by atoms with Crippen LogP contribution in [0.2, 0.25) is 0 Å². The van der Waals surface area contributed by atoms with Crippen LogP contribution in [-0.4, -0.2) is 21.3 Å². The number of aryl methyl sites for hydroxylation is 1. The molecule has 3 aromatic rings. The first kappa shape index (κ1) is 13.8. The molecule has 0 bridgehead atoms. The second kappa shape index (κ2) is 6.06. The number of benzene rings is 1. The first-order chi connectivity index (χ1) is 10.3. The molecule has 0 amide bonds. The second-order valence-corrected chi connectivity index (χ2v) is 5.22. The van der Waals surface area contributed by atoms with Gasteiger partial charge < -0.3 is 5.32 Å². The molecule has 1 unspecified atom stereocenters. The summed E-state index contributed by atoms with van der Waals surface area (Å²) in [4.78, 5) is 4.43. The summed E-state index contributed by atoms with van der Waals surface area (Å²) in [5, 5.41) is 9.29. The van der Waals surface area contributed by atoms with Crippen molar-refractivity contribution in [3.63, 3.8) is 0 Å². The molecule has 0 saturated heterocycles. The third kappa shape index (κ3) is 2.95. The van der Waals surface area contributed by atoms with E-state index < -0.39 is 0 Å². The minimum Gasteiger partial charge on any atom is -0.309 e. The number of hydrogen-bond acceptors (Lipinski definition) is 3. The Labute approximate surface area is 124 Å². The number of nitrogens with one attached hydrogen (secondary N) is 1. The lowest BCUT2D eigenvalue weighted by Gasteiger charge is -2.17. The summed E-state index contributed by atoms with van der Waals surface area (Å²) < 4.78 is 1.85. The van der Waals surface area contributed by atoms with Crippen LogP contribution in [0.5, 0.6) is 0 Å². The standard InChI is InChI=1S/C17H20N4/c1-3-18-17(16-9-11-21(2)20-16)12-13-8-10-19-15-7-5-4-6-14(13)15/h4-11,17-18H,3,12H2,1-2H3. The van der Waals surface area contributed by atoms with Gasteiger partial charge >= 0.3 is 0 Å². The second-order valence-electron chi connectivity index (χ2n) is 5.22. The summed E-state index contributed by atoms with van der Waals surface area (Å²) in [7, 11) is 1.95. The molecule has 0 fully saturated rings. The van der Waals surface area contributed by atoms with Gasteiger partial charge in [0.1, 0.15) is 0 Å². The van der Waals surface area contributed by atoms with Crippen molar-refractivity contribution < 1.29 is 0 Å². The Kier molecular flexibility index (Phi) is 3.97. The summed E-state index contributed by atoms with van der Waals surface area (Å²) in [6.07, 6.45) is 4.79. The monoisotopic (exact) mass is 280 g/mol. The normalized spacial score (nSPS) is 12.7. The van der Waals surface area contributed by atoms with E-state index in [0.29, 0.717) is 0 Å². The average Bonchev–Trinajstić information content (AvgIpc) is 2.94. The maximum absolute atomic E-state index is 4.54. The molecule has 0 aliphatic carbocycles. The van der Waals surface area contributed by atoms with E-state index >= 15 is 0 Å². The Balaban J connectivity index is 1.94. The van der Waals surface area contributed by atoms with Crippen LogP contribution in [0.15, 0.2) is 48.8 Å². The molecule has 4 nitrogen and oxygen atoms in total. The van der Waals surface area contributed by atoms with E-state index in [4.69, 9.17) is 0 Å². The molecule has 4 heteroatoms. The van der Waals surface area contributed by atoms with Gasteiger partial charge in [-0.1, -0.05) is 25.1 Å². The molecule has 108 valence electrons. The zero-order valence-corrected chi connectivity index (χ0v) is 12.5. The number of aromatic nitrogens is 3. The van der Waals surface area contributed by atoms with Gasteiger partial charge in [-0.25, -0.2) is 0 Å². The SMILES string of the molecule is CCNC(Cc1ccnc2ccccc12)c1ccn(C)n1. The molecule has 0 aliphatic heterocycles. The fraction of sp³-hybridized carbons (Fsp3) is 0.294. The number of para-hydroxylation sites is 1. The van der Waals surface area contributed by atoms with Crippen molar-refractivity contribution in [3.8, 4) is 0 Å². The first-order valence-electron chi connectivity index (χ1n) is 7.33. The van der Waals surface area contributed by atoms with Crippen LogP contribution in [-0.2, 0) is 13.5 Å². The summed E-state index contributed by atoms with van der Waals surface area (Å²) in [6, 6.07) is 12.7. The van der Waals surface area contributed by atoms with E-state index in [9.17, 15) is 0 Å². The van der Waals surface area contributed by atoms with Crippen LogP contribution in [0.25, 0.3) is 10.9 Å². The lowest BCUT2D eigenvalue weighted by Crippen LogP contribution is -2.23. The highest BCUT2D eigenvalue weighted by Crippen LogP contribution is 2.22. The van der Waals surface area contributed by atoms with E-state index in [2.05, 4.69) is 52.7 Å². The van der Waals surface area contributed by atoms with Crippen LogP contribution in [0.3, 0.4) is 0 Å². The van der Waals surface area contributed by atoms with E-state index in [1.54, 1.807) is 0 Å². The van der Waals surface area contributed by atoms with Crippen molar-refractivity contribution in [1.82, 2.24) is 20.1 Å². The van der Waals surface area contributed by atoms with Crippen LogP contribution < -0.4 is 5.32 Å². The van der Waals surface area contributed by atoms with Gasteiger partial charge in [-0.2, -0.15) is 5.10 Å². The Hall–Kier alpha value is -2.20. The zero-order valence-electron chi connectivity index (χ0n) is 12.5. The van der Waals surface area contributed by atoms with Gasteiger partial charge in [0, 0.05) is 24.8 Å². The number of likely N-dealkylation sites (N-methyl/N-ethyl adjacent to an activating group) is 1. The van der Waals surface area contributed by atoms with Crippen molar-refractivity contribution in [2.45, 2.75) is 19.4 Å². The highest BCUT2D eigenvalue weighted by atomic mass is 15.3. The van der Waals surface area contributed by atoms with Gasteiger partial charge in [0.25, 0.3) is 0 Å². The molecule has 0 spiro atoms. The molecule has 0 saturated carbocycles. The van der Waals surface area contributed by atoms with Crippen molar-refractivity contribution >= 4 is 10.9 Å². The van der Waals surface area contributed by atoms with Gasteiger partial charge in [-0.3, -0.25) is 9.67 Å². The lowest BCUT2D eigenvalue weighted by atomic mass is 10.00. The Morgan fingerprint density at radius 1 is 1.19 bits per heavy atom. The van der Waals surface area contributed by atoms with Crippen LogP contribution in [0.4, 0.5) is 0 Å². The maximum Gasteiger partial charge on any atom is 0.0797 e. The zero-order chi connectivity index (χ0) is 14.7. The maximum atomic E-state index is 4.54. The Bertz CT molecular complexity index is 727. The fourth-order valence-corrected chi connectivity index (χ4v) is 2.70. The van der Waals surface area contributed by atoms with Crippen molar-refractivity contribution in [3.05, 3.63) is 60.0 Å². The lowest BCUT2D eigenvalue weighted by molar-refractivity contribution is 0.529. The van der Waals surface area contributed by atoms with Crippen molar-refractivity contribution in [2.24, 2.45) is 7.05 Å². The number of pyridine rings is 1. The summed E-state index contributed by atoms with van der Waals surface area (Å²) in [5.74, 6) is 0. The molecule has 3 rings (SSSR count). The minimum absolute atomic E-state index is 0.224. The molecule has 2 aromatic heterocycles. The third-order valence-electron chi connectivity index (χ3n) is 3.71. The van der Waals surface area contributed by atoms with E-state index in [-0.39, 0.29) is 6.04 Å². The van der Waals surface area contributed by atoms with Crippen LogP contribution in [0.1, 0.15) is 24.2 Å². The number of nitrogens with zero attached hydrogens (tertiary/aromatic N) is 3. The smallest absolute Gasteiger partial charge is 0.0797 e.